The fourth-order valence-corrected chi connectivity index (χ4v) is 0. The SMILES string of the molecule is C#C.OCCO.[NaH]. The third kappa shape index (κ3) is 59.4. The third-order valence-corrected chi connectivity index (χ3v) is 0.1000. The van der Waals surface area contributed by atoms with Crippen molar-refractivity contribution in [2.24, 2.45) is 0 Å². The van der Waals surface area contributed by atoms with E-state index in [1.165, 1.54) is 0 Å². The van der Waals surface area contributed by atoms with E-state index in [4.69, 9.17) is 10.2 Å². The predicted molar refractivity (Wildman–Crippen MR) is 31.2 cm³/mol. The van der Waals surface area contributed by atoms with Crippen LogP contribution in [0.2, 0.25) is 0 Å². The Bertz CT molecular complexity index is 26.1. The quantitative estimate of drug-likeness (QED) is 0.322. The minimum absolute atomic E-state index is 0. The van der Waals surface area contributed by atoms with E-state index in [0.29, 0.717) is 0 Å². The van der Waals surface area contributed by atoms with Crippen LogP contribution < -0.4 is 0 Å². The molecule has 0 aromatic heterocycles. The van der Waals surface area contributed by atoms with Gasteiger partial charge in [-0.1, -0.05) is 0 Å². The summed E-state index contributed by atoms with van der Waals surface area (Å²) in [5, 5.41) is 15.2. The molecule has 0 heterocycles. The van der Waals surface area contributed by atoms with Crippen molar-refractivity contribution in [1.29, 1.82) is 0 Å². The zero-order valence-corrected chi connectivity index (χ0v) is 3.46. The first-order valence-corrected chi connectivity index (χ1v) is 1.47. The molecule has 0 saturated heterocycles. The van der Waals surface area contributed by atoms with E-state index in [1.807, 2.05) is 0 Å². The first kappa shape index (κ1) is 15.6. The topological polar surface area (TPSA) is 40.5 Å². The summed E-state index contributed by atoms with van der Waals surface area (Å²) in [5.41, 5.74) is 0. The van der Waals surface area contributed by atoms with Crippen LogP contribution in [0.5, 0.6) is 0 Å². The molecular weight excluding hydrogens is 103 g/mol. The fraction of sp³-hybridized carbons (Fsp3) is 0.500. The average Bonchev–Trinajstić information content (AvgIpc) is 1.72. The van der Waals surface area contributed by atoms with Crippen molar-refractivity contribution in [3.8, 4) is 12.8 Å². The average molecular weight is 112 g/mol. The Kier molecular flexibility index (Phi) is 70.7. The molecule has 0 aromatic rings. The van der Waals surface area contributed by atoms with Crippen LogP contribution in [0, 0.1) is 12.8 Å². The Hall–Kier alpha value is 0.480. The van der Waals surface area contributed by atoms with Gasteiger partial charge in [0, 0.05) is 0 Å². The number of rotatable bonds is 1. The first-order chi connectivity index (χ1) is 2.91. The molecule has 0 radical (unpaired) electrons. The van der Waals surface area contributed by atoms with Crippen molar-refractivity contribution in [2.75, 3.05) is 13.2 Å². The molecule has 0 spiro atoms. The second-order valence-corrected chi connectivity index (χ2v) is 0.447. The van der Waals surface area contributed by atoms with Gasteiger partial charge >= 0.3 is 29.6 Å². The molecular formula is C4H9NaO2. The van der Waals surface area contributed by atoms with Gasteiger partial charge in [-0.15, -0.1) is 12.8 Å². The van der Waals surface area contributed by atoms with Crippen molar-refractivity contribution in [3.05, 3.63) is 0 Å². The standard InChI is InChI=1S/C2H6O2.C2H2.Na.H/c3-1-2-4;1-2;;/h3-4H,1-2H2;1-2H;;. The van der Waals surface area contributed by atoms with Crippen molar-refractivity contribution in [3.63, 3.8) is 0 Å². The first-order valence-electron chi connectivity index (χ1n) is 1.47. The van der Waals surface area contributed by atoms with E-state index in [1.54, 1.807) is 0 Å². The molecule has 0 aliphatic carbocycles. The monoisotopic (exact) mass is 112 g/mol. The van der Waals surface area contributed by atoms with Crippen LogP contribution >= 0.6 is 0 Å². The van der Waals surface area contributed by atoms with Gasteiger partial charge in [-0.3, -0.25) is 0 Å². The van der Waals surface area contributed by atoms with Gasteiger partial charge in [-0.05, 0) is 0 Å². The number of hydrogen-bond acceptors (Lipinski definition) is 2. The van der Waals surface area contributed by atoms with Crippen molar-refractivity contribution >= 4 is 29.6 Å². The van der Waals surface area contributed by atoms with E-state index >= 15 is 0 Å². The predicted octanol–water partition coefficient (Wildman–Crippen LogP) is -1.43. The maximum atomic E-state index is 7.62. The van der Waals surface area contributed by atoms with Gasteiger partial charge in [0.25, 0.3) is 0 Å². The minimum atomic E-state index is -0.125. The van der Waals surface area contributed by atoms with Crippen molar-refractivity contribution in [2.45, 2.75) is 0 Å². The molecule has 0 amide bonds. The summed E-state index contributed by atoms with van der Waals surface area (Å²) >= 11 is 0. The van der Waals surface area contributed by atoms with Gasteiger partial charge in [0.2, 0.25) is 0 Å². The van der Waals surface area contributed by atoms with Crippen molar-refractivity contribution in [1.82, 2.24) is 0 Å². The number of aliphatic hydroxyl groups excluding tert-OH is 2. The van der Waals surface area contributed by atoms with E-state index in [2.05, 4.69) is 12.8 Å². The van der Waals surface area contributed by atoms with Crippen LogP contribution in [0.15, 0.2) is 0 Å². The van der Waals surface area contributed by atoms with Gasteiger partial charge in [0.05, 0.1) is 13.2 Å². The second kappa shape index (κ2) is 31.6. The van der Waals surface area contributed by atoms with Crippen LogP contribution in [-0.4, -0.2) is 53.0 Å². The molecule has 0 atom stereocenters. The molecule has 0 aliphatic heterocycles. The molecule has 0 rings (SSSR count). The number of hydrogen-bond donors (Lipinski definition) is 2. The Morgan fingerprint density at radius 3 is 1.14 bits per heavy atom. The van der Waals surface area contributed by atoms with E-state index < -0.39 is 0 Å². The maximum absolute atomic E-state index is 7.62. The molecule has 0 aromatic carbocycles. The van der Waals surface area contributed by atoms with Gasteiger partial charge in [0.1, 0.15) is 0 Å². The third-order valence-electron chi connectivity index (χ3n) is 0.1000. The van der Waals surface area contributed by atoms with Crippen LogP contribution in [0.1, 0.15) is 0 Å². The van der Waals surface area contributed by atoms with Gasteiger partial charge in [-0.25, -0.2) is 0 Å². The van der Waals surface area contributed by atoms with Gasteiger partial charge in [-0.2, -0.15) is 0 Å². The molecule has 0 saturated carbocycles. The summed E-state index contributed by atoms with van der Waals surface area (Å²) in [7, 11) is 0. The molecule has 7 heavy (non-hydrogen) atoms. The molecule has 0 fully saturated rings. The van der Waals surface area contributed by atoms with Crippen LogP contribution in [-0.2, 0) is 0 Å². The van der Waals surface area contributed by atoms with Crippen LogP contribution in [0.4, 0.5) is 0 Å². The van der Waals surface area contributed by atoms with Gasteiger partial charge < -0.3 is 10.2 Å². The summed E-state index contributed by atoms with van der Waals surface area (Å²) in [6, 6.07) is 0. The molecule has 0 aliphatic rings. The molecule has 2 N–H and O–H groups in total. The second-order valence-electron chi connectivity index (χ2n) is 0.447. The Morgan fingerprint density at radius 1 is 1.00 bits per heavy atom. The Morgan fingerprint density at radius 2 is 1.14 bits per heavy atom. The van der Waals surface area contributed by atoms with Crippen LogP contribution in [0.25, 0.3) is 0 Å². The van der Waals surface area contributed by atoms with E-state index in [9.17, 15) is 0 Å². The van der Waals surface area contributed by atoms with Gasteiger partial charge in [0.15, 0.2) is 0 Å². The van der Waals surface area contributed by atoms with E-state index in [-0.39, 0.29) is 42.8 Å². The van der Waals surface area contributed by atoms with E-state index in [0.717, 1.165) is 0 Å². The number of aliphatic hydroxyl groups is 2. The molecule has 3 heteroatoms. The zero-order chi connectivity index (χ0) is 5.41. The van der Waals surface area contributed by atoms with Crippen molar-refractivity contribution < 1.29 is 10.2 Å². The summed E-state index contributed by atoms with van der Waals surface area (Å²) in [6.45, 7) is -0.250. The summed E-state index contributed by atoms with van der Waals surface area (Å²) in [6.07, 6.45) is 8.00. The Labute approximate surface area is 65.8 Å². The number of terminal acetylenes is 1. The van der Waals surface area contributed by atoms with Crippen LogP contribution in [0.3, 0.4) is 0 Å². The molecule has 38 valence electrons. The Balaban J connectivity index is -0.0000000480. The fourth-order valence-electron chi connectivity index (χ4n) is 0. The summed E-state index contributed by atoms with van der Waals surface area (Å²) in [5.74, 6) is 0. The molecule has 0 unspecified atom stereocenters. The summed E-state index contributed by atoms with van der Waals surface area (Å²) < 4.78 is 0. The summed E-state index contributed by atoms with van der Waals surface area (Å²) in [4.78, 5) is 0. The zero-order valence-electron chi connectivity index (χ0n) is 3.46. The normalized spacial score (nSPS) is 4.57. The molecule has 2 nitrogen and oxygen atoms in total. The molecule has 0 bridgehead atoms.